The third kappa shape index (κ3) is 2.89. The van der Waals surface area contributed by atoms with Crippen LogP contribution in [0.25, 0.3) is 0 Å². The molecule has 3 N–H and O–H groups in total. The number of carboxylic acids is 1. The molecule has 1 aliphatic rings. The number of H-pyrrole nitrogens is 1. The molecule has 1 fully saturated rings. The fourth-order valence-electron chi connectivity index (χ4n) is 2.73. The van der Waals surface area contributed by atoms with Crippen LogP contribution in [-0.4, -0.2) is 28.0 Å². The first kappa shape index (κ1) is 14.3. The summed E-state index contributed by atoms with van der Waals surface area (Å²) in [5.41, 5.74) is 1.02. The Bertz CT molecular complexity index is 606. The molecule has 0 unspecified atom stereocenters. The summed E-state index contributed by atoms with van der Waals surface area (Å²) >= 11 is 0. The van der Waals surface area contributed by atoms with Gasteiger partial charge in [-0.15, -0.1) is 0 Å². The number of aliphatic carboxylic acids is 1. The van der Waals surface area contributed by atoms with Crippen LogP contribution in [0.2, 0.25) is 0 Å². The summed E-state index contributed by atoms with van der Waals surface area (Å²) in [7, 11) is 0. The largest absolute Gasteiger partial charge is 0.481 e. The van der Waals surface area contributed by atoms with E-state index < -0.39 is 23.4 Å². The Morgan fingerprint density at radius 3 is 2.60 bits per heavy atom. The lowest BCUT2D eigenvalue weighted by Gasteiger charge is -2.13. The van der Waals surface area contributed by atoms with E-state index in [1.165, 1.54) is 0 Å². The second kappa shape index (κ2) is 5.48. The molecular formula is C14H18N2O4. The van der Waals surface area contributed by atoms with Gasteiger partial charge in [0.15, 0.2) is 0 Å². The Hall–Kier alpha value is -2.11. The fraction of sp³-hybridized carbons (Fsp3) is 0.500. The normalized spacial score (nSPS) is 21.7. The molecule has 1 aromatic heterocycles. The summed E-state index contributed by atoms with van der Waals surface area (Å²) < 4.78 is 0. The number of hydrogen-bond donors (Lipinski definition) is 3. The van der Waals surface area contributed by atoms with E-state index in [1.807, 2.05) is 0 Å². The zero-order valence-electron chi connectivity index (χ0n) is 11.5. The van der Waals surface area contributed by atoms with Crippen LogP contribution >= 0.6 is 0 Å². The van der Waals surface area contributed by atoms with E-state index in [4.69, 9.17) is 5.11 Å². The Labute approximate surface area is 116 Å². The SMILES string of the molecule is Cc1cc(C)c(C(=O)N[C@H]2CC[C@@H](C(=O)O)C2)c(=O)[nH]1. The molecule has 1 aromatic rings. The first-order valence-electron chi connectivity index (χ1n) is 6.62. The minimum absolute atomic E-state index is 0.106. The van der Waals surface area contributed by atoms with E-state index in [1.54, 1.807) is 19.9 Å². The van der Waals surface area contributed by atoms with Crippen molar-refractivity contribution < 1.29 is 14.7 Å². The van der Waals surface area contributed by atoms with Crippen LogP contribution in [-0.2, 0) is 4.79 Å². The summed E-state index contributed by atoms with van der Waals surface area (Å²) in [5.74, 6) is -1.66. The molecule has 0 saturated heterocycles. The van der Waals surface area contributed by atoms with Gasteiger partial charge in [0, 0.05) is 11.7 Å². The minimum Gasteiger partial charge on any atom is -0.481 e. The van der Waals surface area contributed by atoms with Gasteiger partial charge < -0.3 is 15.4 Å². The predicted molar refractivity (Wildman–Crippen MR) is 72.8 cm³/mol. The van der Waals surface area contributed by atoms with Crippen LogP contribution in [0, 0.1) is 19.8 Å². The van der Waals surface area contributed by atoms with Crippen LogP contribution in [0.1, 0.15) is 40.9 Å². The predicted octanol–water partition coefficient (Wildman–Crippen LogP) is 0.975. The van der Waals surface area contributed by atoms with Crippen LogP contribution in [0.3, 0.4) is 0 Å². The van der Waals surface area contributed by atoms with Gasteiger partial charge in [0.1, 0.15) is 5.56 Å². The highest BCUT2D eigenvalue weighted by molar-refractivity contribution is 5.95. The van der Waals surface area contributed by atoms with Crippen molar-refractivity contribution in [2.75, 3.05) is 0 Å². The number of carbonyl (C=O) groups excluding carboxylic acids is 1. The number of pyridine rings is 1. The van der Waals surface area contributed by atoms with Gasteiger partial charge in [-0.1, -0.05) is 0 Å². The van der Waals surface area contributed by atoms with Crippen molar-refractivity contribution in [3.8, 4) is 0 Å². The zero-order valence-corrected chi connectivity index (χ0v) is 11.5. The van der Waals surface area contributed by atoms with Crippen LogP contribution in [0.4, 0.5) is 0 Å². The van der Waals surface area contributed by atoms with Crippen molar-refractivity contribution in [1.82, 2.24) is 10.3 Å². The van der Waals surface area contributed by atoms with Gasteiger partial charge in [0.05, 0.1) is 5.92 Å². The molecule has 2 rings (SSSR count). The lowest BCUT2D eigenvalue weighted by molar-refractivity contribution is -0.141. The maximum absolute atomic E-state index is 12.2. The molecule has 0 aliphatic heterocycles. The van der Waals surface area contributed by atoms with Crippen LogP contribution in [0.5, 0.6) is 0 Å². The van der Waals surface area contributed by atoms with E-state index in [0.717, 1.165) is 0 Å². The number of hydrogen-bond acceptors (Lipinski definition) is 3. The minimum atomic E-state index is -0.828. The number of carboxylic acid groups (broad SMARTS) is 1. The molecule has 6 nitrogen and oxygen atoms in total. The van der Waals surface area contributed by atoms with Gasteiger partial charge in [0.2, 0.25) is 0 Å². The summed E-state index contributed by atoms with van der Waals surface area (Å²) in [6.45, 7) is 3.47. The average Bonchev–Trinajstić information content (AvgIpc) is 2.75. The zero-order chi connectivity index (χ0) is 14.9. The molecule has 6 heteroatoms. The topological polar surface area (TPSA) is 99.3 Å². The van der Waals surface area contributed by atoms with Crippen molar-refractivity contribution in [3.05, 3.63) is 33.2 Å². The Morgan fingerprint density at radius 1 is 1.35 bits per heavy atom. The maximum atomic E-state index is 12.2. The first-order valence-corrected chi connectivity index (χ1v) is 6.62. The standard InChI is InChI=1S/C14H18N2O4/c1-7-5-8(2)15-12(17)11(7)13(18)16-10-4-3-9(6-10)14(19)20/h5,9-10H,3-4,6H2,1-2H3,(H,15,17)(H,16,18)(H,19,20)/t9-,10+/m1/s1. The van der Waals surface area contributed by atoms with Crippen LogP contribution in [0.15, 0.2) is 10.9 Å². The third-order valence-corrected chi connectivity index (χ3v) is 3.71. The van der Waals surface area contributed by atoms with Crippen molar-refractivity contribution in [2.24, 2.45) is 5.92 Å². The Balaban J connectivity index is 2.11. The molecule has 1 heterocycles. The van der Waals surface area contributed by atoms with E-state index in [2.05, 4.69) is 10.3 Å². The highest BCUT2D eigenvalue weighted by Crippen LogP contribution is 2.25. The summed E-state index contributed by atoms with van der Waals surface area (Å²) in [4.78, 5) is 37.5. The van der Waals surface area contributed by atoms with E-state index in [0.29, 0.717) is 30.5 Å². The average molecular weight is 278 g/mol. The Morgan fingerprint density at radius 2 is 2.05 bits per heavy atom. The molecular weight excluding hydrogens is 260 g/mol. The smallest absolute Gasteiger partial charge is 0.306 e. The highest BCUT2D eigenvalue weighted by Gasteiger charge is 2.31. The molecule has 1 aliphatic carbocycles. The van der Waals surface area contributed by atoms with Gasteiger partial charge in [-0.25, -0.2) is 0 Å². The molecule has 0 spiro atoms. The number of aryl methyl sites for hydroxylation is 2. The van der Waals surface area contributed by atoms with Crippen molar-refractivity contribution in [2.45, 2.75) is 39.2 Å². The number of amides is 1. The molecule has 108 valence electrons. The summed E-state index contributed by atoms with van der Waals surface area (Å²) in [5, 5.41) is 11.7. The number of nitrogens with one attached hydrogen (secondary N) is 2. The molecule has 1 saturated carbocycles. The molecule has 20 heavy (non-hydrogen) atoms. The van der Waals surface area contributed by atoms with E-state index >= 15 is 0 Å². The fourth-order valence-corrected chi connectivity index (χ4v) is 2.73. The lowest BCUT2D eigenvalue weighted by atomic mass is 10.1. The molecule has 0 radical (unpaired) electrons. The molecule has 1 amide bonds. The number of carbonyl (C=O) groups is 2. The Kier molecular flexibility index (Phi) is 3.92. The number of aromatic amines is 1. The highest BCUT2D eigenvalue weighted by atomic mass is 16.4. The van der Waals surface area contributed by atoms with Gasteiger partial charge in [-0.05, 0) is 44.7 Å². The second-order valence-corrected chi connectivity index (χ2v) is 5.36. The summed E-state index contributed by atoms with van der Waals surface area (Å²) in [6.07, 6.45) is 1.61. The molecule has 0 aromatic carbocycles. The van der Waals surface area contributed by atoms with Gasteiger partial charge in [-0.3, -0.25) is 14.4 Å². The van der Waals surface area contributed by atoms with Crippen molar-refractivity contribution in [3.63, 3.8) is 0 Å². The lowest BCUT2D eigenvalue weighted by Crippen LogP contribution is -2.37. The maximum Gasteiger partial charge on any atom is 0.306 e. The van der Waals surface area contributed by atoms with E-state index in [-0.39, 0.29) is 11.6 Å². The van der Waals surface area contributed by atoms with Crippen molar-refractivity contribution >= 4 is 11.9 Å². The number of rotatable bonds is 3. The van der Waals surface area contributed by atoms with Gasteiger partial charge in [-0.2, -0.15) is 0 Å². The van der Waals surface area contributed by atoms with Crippen LogP contribution < -0.4 is 10.9 Å². The van der Waals surface area contributed by atoms with E-state index in [9.17, 15) is 14.4 Å². The first-order chi connectivity index (χ1) is 9.38. The third-order valence-electron chi connectivity index (χ3n) is 3.71. The van der Waals surface area contributed by atoms with Gasteiger partial charge in [0.25, 0.3) is 11.5 Å². The monoisotopic (exact) mass is 278 g/mol. The second-order valence-electron chi connectivity index (χ2n) is 5.36. The van der Waals surface area contributed by atoms with Crippen molar-refractivity contribution in [1.29, 1.82) is 0 Å². The number of aromatic nitrogens is 1. The molecule has 2 atom stereocenters. The quantitative estimate of drug-likeness (QED) is 0.767. The van der Waals surface area contributed by atoms with Gasteiger partial charge >= 0.3 is 5.97 Å². The molecule has 0 bridgehead atoms. The summed E-state index contributed by atoms with van der Waals surface area (Å²) in [6, 6.07) is 1.56.